The molecule has 1 aliphatic heterocycles. The summed E-state index contributed by atoms with van der Waals surface area (Å²) in [6.45, 7) is 9.27. The smallest absolute Gasteiger partial charge is 0.0353 e. The van der Waals surface area contributed by atoms with Gasteiger partial charge in [-0.25, -0.2) is 0 Å². The van der Waals surface area contributed by atoms with Gasteiger partial charge in [0.1, 0.15) is 0 Å². The second kappa shape index (κ2) is 13.5. The quantitative estimate of drug-likeness (QED) is 0.549. The number of aliphatic imine (C=N–C) groups is 1. The Morgan fingerprint density at radius 1 is 1.35 bits per heavy atom. The van der Waals surface area contributed by atoms with Crippen molar-refractivity contribution in [3.8, 4) is 0 Å². The van der Waals surface area contributed by atoms with Crippen molar-refractivity contribution in [3.05, 3.63) is 65.7 Å². The molecule has 0 atom stereocenters. The summed E-state index contributed by atoms with van der Waals surface area (Å²) in [7, 11) is 3.86. The lowest BCUT2D eigenvalue weighted by molar-refractivity contribution is 0.511. The van der Waals surface area contributed by atoms with Crippen LogP contribution in [0.3, 0.4) is 0 Å². The van der Waals surface area contributed by atoms with Gasteiger partial charge in [0.15, 0.2) is 0 Å². The van der Waals surface area contributed by atoms with Gasteiger partial charge in [-0.1, -0.05) is 29.9 Å². The van der Waals surface area contributed by atoms with Crippen LogP contribution in [0.2, 0.25) is 0 Å². The Morgan fingerprint density at radius 3 is 2.52 bits per heavy atom. The first-order valence-corrected chi connectivity index (χ1v) is 7.93. The molecule has 0 N–H and O–H groups in total. The van der Waals surface area contributed by atoms with E-state index in [2.05, 4.69) is 47.2 Å². The second-order valence-corrected chi connectivity index (χ2v) is 5.53. The summed E-state index contributed by atoms with van der Waals surface area (Å²) in [4.78, 5) is 9.87. The van der Waals surface area contributed by atoms with Crippen LogP contribution < -0.4 is 0 Å². The molecular formula is C20H31N3. The van der Waals surface area contributed by atoms with Crippen molar-refractivity contribution in [1.82, 2.24) is 9.88 Å². The lowest BCUT2D eigenvalue weighted by atomic mass is 10.2. The molecule has 2 heterocycles. The number of pyridine rings is 1. The maximum Gasteiger partial charge on any atom is 0.0353 e. The van der Waals surface area contributed by atoms with Gasteiger partial charge in [-0.15, -0.1) is 0 Å². The van der Waals surface area contributed by atoms with Crippen LogP contribution in [0.4, 0.5) is 0 Å². The highest BCUT2D eigenvalue weighted by Gasteiger charge is 1.93. The van der Waals surface area contributed by atoms with E-state index < -0.39 is 0 Å². The Morgan fingerprint density at radius 2 is 2.09 bits per heavy atom. The normalized spacial score (nSPS) is 14.3. The van der Waals surface area contributed by atoms with Gasteiger partial charge in [-0.2, -0.15) is 0 Å². The fourth-order valence-electron chi connectivity index (χ4n) is 1.59. The van der Waals surface area contributed by atoms with Gasteiger partial charge in [0.2, 0.25) is 0 Å². The van der Waals surface area contributed by atoms with Crippen molar-refractivity contribution in [2.45, 2.75) is 34.1 Å². The summed E-state index contributed by atoms with van der Waals surface area (Å²) in [6, 6.07) is 3.95. The van der Waals surface area contributed by atoms with Crippen LogP contribution in [-0.4, -0.2) is 36.7 Å². The highest BCUT2D eigenvalue weighted by molar-refractivity contribution is 5.77. The van der Waals surface area contributed by atoms with Gasteiger partial charge in [0, 0.05) is 39.2 Å². The number of allylic oxidation sites excluding steroid dienone is 4. The van der Waals surface area contributed by atoms with Crippen molar-refractivity contribution in [2.24, 2.45) is 4.99 Å². The van der Waals surface area contributed by atoms with E-state index in [9.17, 15) is 0 Å². The molecule has 23 heavy (non-hydrogen) atoms. The molecule has 0 saturated heterocycles. The predicted molar refractivity (Wildman–Crippen MR) is 103 cm³/mol. The van der Waals surface area contributed by atoms with E-state index in [1.807, 2.05) is 51.4 Å². The Balaban J connectivity index is 0.000000320. The molecule has 3 nitrogen and oxygen atoms in total. The summed E-state index contributed by atoms with van der Waals surface area (Å²) in [5.41, 5.74) is 3.89. The average molecular weight is 313 g/mol. The van der Waals surface area contributed by atoms with Crippen LogP contribution in [0, 0.1) is 6.92 Å². The second-order valence-electron chi connectivity index (χ2n) is 5.53. The van der Waals surface area contributed by atoms with E-state index in [0.717, 1.165) is 13.0 Å². The molecule has 3 heteroatoms. The first kappa shape index (κ1) is 20.8. The summed E-state index contributed by atoms with van der Waals surface area (Å²) in [5.74, 6) is 0. The first-order valence-electron chi connectivity index (χ1n) is 7.93. The van der Waals surface area contributed by atoms with Gasteiger partial charge in [-0.05, 0) is 57.5 Å². The molecule has 1 aromatic rings. The van der Waals surface area contributed by atoms with Crippen molar-refractivity contribution >= 4 is 6.21 Å². The van der Waals surface area contributed by atoms with Crippen LogP contribution in [-0.2, 0) is 0 Å². The third-order valence-electron chi connectivity index (χ3n) is 3.12. The minimum Gasteiger partial charge on any atom is -0.377 e. The molecule has 1 aromatic heterocycles. The third kappa shape index (κ3) is 13.2. The number of aryl methyl sites for hydroxylation is 1. The number of rotatable bonds is 1. The topological polar surface area (TPSA) is 28.5 Å². The van der Waals surface area contributed by atoms with Gasteiger partial charge >= 0.3 is 0 Å². The van der Waals surface area contributed by atoms with Gasteiger partial charge in [0.05, 0.1) is 0 Å². The zero-order valence-corrected chi connectivity index (χ0v) is 15.5. The zero-order chi connectivity index (χ0) is 17.5. The Bertz CT molecular complexity index is 525. The van der Waals surface area contributed by atoms with Crippen molar-refractivity contribution in [2.75, 3.05) is 20.6 Å². The maximum absolute atomic E-state index is 3.88. The summed E-state index contributed by atoms with van der Waals surface area (Å²) < 4.78 is 0. The molecule has 1 aliphatic rings. The molecule has 0 bridgehead atoms. The van der Waals surface area contributed by atoms with Gasteiger partial charge in [-0.3, -0.25) is 9.98 Å². The fourth-order valence-corrected chi connectivity index (χ4v) is 1.59. The van der Waals surface area contributed by atoms with E-state index >= 15 is 0 Å². The molecule has 126 valence electrons. The molecule has 2 rings (SSSR count). The minimum absolute atomic E-state index is 1.06. The van der Waals surface area contributed by atoms with Crippen LogP contribution in [0.1, 0.15) is 32.8 Å². The van der Waals surface area contributed by atoms with E-state index in [-0.39, 0.29) is 0 Å². The monoisotopic (exact) mass is 313 g/mol. The molecule has 0 spiro atoms. The lowest BCUT2D eigenvalue weighted by Gasteiger charge is -2.07. The number of hydrogen-bond acceptors (Lipinski definition) is 3. The molecule has 0 saturated carbocycles. The number of nitrogens with zero attached hydrogens (tertiary/aromatic N) is 3. The first-order chi connectivity index (χ1) is 11.0. The predicted octanol–water partition coefficient (Wildman–Crippen LogP) is 4.83. The van der Waals surface area contributed by atoms with Crippen molar-refractivity contribution < 1.29 is 0 Å². The maximum atomic E-state index is 3.88. The third-order valence-corrected chi connectivity index (χ3v) is 3.12. The van der Waals surface area contributed by atoms with E-state index in [4.69, 9.17) is 0 Å². The molecule has 0 radical (unpaired) electrons. The van der Waals surface area contributed by atoms with Crippen LogP contribution in [0.15, 0.2) is 65.1 Å². The number of aromatic nitrogens is 1. The molecule has 0 amide bonds. The highest BCUT2D eigenvalue weighted by Crippen LogP contribution is 2.05. The Hall–Kier alpha value is -2.16. The average Bonchev–Trinajstić information content (AvgIpc) is 2.73. The Labute approximate surface area is 142 Å². The summed E-state index contributed by atoms with van der Waals surface area (Å²) in [6.07, 6.45) is 15.2. The minimum atomic E-state index is 1.06. The number of hydrogen-bond donors (Lipinski definition) is 0. The molecular weight excluding hydrogens is 282 g/mol. The van der Waals surface area contributed by atoms with Gasteiger partial charge < -0.3 is 4.90 Å². The lowest BCUT2D eigenvalue weighted by Crippen LogP contribution is -2.08. The largest absolute Gasteiger partial charge is 0.377 e. The summed E-state index contributed by atoms with van der Waals surface area (Å²) >= 11 is 0. The van der Waals surface area contributed by atoms with Crippen LogP contribution in [0.5, 0.6) is 0 Å². The zero-order valence-electron chi connectivity index (χ0n) is 15.5. The molecule has 0 aliphatic carbocycles. The van der Waals surface area contributed by atoms with E-state index in [1.165, 1.54) is 16.7 Å². The standard InChI is InChI=1S/C8H13N.C6H7N.C6H11N/c1-8-4-3-6-9(2)7-5-8;1-6-3-2-4-7-5-6;1-4-6(2)5-7-3/h3,5-6H,4,7H2,1-2H3;2-5H,1H3;4-5H,1-3H3/b;;6-4-,7-5?. The van der Waals surface area contributed by atoms with Gasteiger partial charge in [0.25, 0.3) is 0 Å². The molecule has 0 unspecified atom stereocenters. The van der Waals surface area contributed by atoms with E-state index in [0.29, 0.717) is 0 Å². The number of likely N-dealkylation sites (N-methyl/N-ethyl adjacent to an activating group) is 1. The Kier molecular flexibility index (Phi) is 12.2. The van der Waals surface area contributed by atoms with Crippen molar-refractivity contribution in [3.63, 3.8) is 0 Å². The van der Waals surface area contributed by atoms with E-state index in [1.54, 1.807) is 13.2 Å². The fraction of sp³-hybridized carbons (Fsp3) is 0.400. The SMILES string of the molecule is C/C=C(/C)C=NC.CC1=CCN(C)C=CC1.Cc1cccnc1. The molecule has 0 aromatic carbocycles. The summed E-state index contributed by atoms with van der Waals surface area (Å²) in [5, 5.41) is 0. The van der Waals surface area contributed by atoms with Crippen LogP contribution in [0.25, 0.3) is 0 Å². The highest BCUT2D eigenvalue weighted by atomic mass is 15.1. The van der Waals surface area contributed by atoms with Crippen LogP contribution >= 0.6 is 0 Å². The molecule has 0 fully saturated rings. The van der Waals surface area contributed by atoms with Crippen molar-refractivity contribution in [1.29, 1.82) is 0 Å².